The van der Waals surface area contributed by atoms with Crippen LogP contribution in [0.5, 0.6) is 5.75 Å². The van der Waals surface area contributed by atoms with Crippen molar-refractivity contribution in [3.63, 3.8) is 0 Å². The van der Waals surface area contributed by atoms with Gasteiger partial charge in [-0.1, -0.05) is 17.7 Å². The molecule has 4 N–H and O–H groups in total. The zero-order chi connectivity index (χ0) is 11.0. The van der Waals surface area contributed by atoms with Gasteiger partial charge in [0, 0.05) is 0 Å². The van der Waals surface area contributed by atoms with Crippen LogP contribution in [0.4, 0.5) is 0 Å². The number of aromatic hydroxyl groups is 1. The van der Waals surface area contributed by atoms with Crippen LogP contribution in [-0.2, 0) is 0 Å². The summed E-state index contributed by atoms with van der Waals surface area (Å²) in [4.78, 5) is 0. The lowest BCUT2D eigenvalue weighted by Gasteiger charge is -2.19. The number of hydrogen-bond donors (Lipinski definition) is 3. The fourth-order valence-electron chi connectivity index (χ4n) is 1.66. The monoisotopic (exact) mass is 227 g/mol. The largest absolute Gasteiger partial charge is 0.506 e. The van der Waals surface area contributed by atoms with Gasteiger partial charge >= 0.3 is 0 Å². The predicted octanol–water partition coefficient (Wildman–Crippen LogP) is 1.82. The van der Waals surface area contributed by atoms with E-state index >= 15 is 0 Å². The molecule has 1 aliphatic carbocycles. The highest BCUT2D eigenvalue weighted by Crippen LogP contribution is 2.38. The van der Waals surface area contributed by atoms with Gasteiger partial charge in [0.05, 0.1) is 17.2 Å². The molecule has 0 heterocycles. The molecule has 0 saturated heterocycles. The van der Waals surface area contributed by atoms with Crippen LogP contribution in [0.3, 0.4) is 0 Å². The Kier molecular flexibility index (Phi) is 2.87. The van der Waals surface area contributed by atoms with Crippen molar-refractivity contribution >= 4 is 11.6 Å². The molecule has 0 bridgehead atoms. The van der Waals surface area contributed by atoms with E-state index < -0.39 is 12.1 Å². The summed E-state index contributed by atoms with van der Waals surface area (Å²) in [6, 6.07) is 4.37. The molecule has 2 atom stereocenters. The van der Waals surface area contributed by atoms with Crippen molar-refractivity contribution in [2.24, 2.45) is 11.7 Å². The van der Waals surface area contributed by atoms with Gasteiger partial charge in [-0.05, 0) is 36.5 Å². The summed E-state index contributed by atoms with van der Waals surface area (Å²) in [5.74, 6) is 0.362. The van der Waals surface area contributed by atoms with Crippen LogP contribution < -0.4 is 5.73 Å². The second-order valence-corrected chi connectivity index (χ2v) is 4.47. The third-order valence-electron chi connectivity index (χ3n) is 2.83. The molecular formula is C11H14ClNO2. The van der Waals surface area contributed by atoms with E-state index in [9.17, 15) is 10.2 Å². The number of hydrogen-bond acceptors (Lipinski definition) is 3. The van der Waals surface area contributed by atoms with E-state index in [-0.39, 0.29) is 10.8 Å². The van der Waals surface area contributed by atoms with Crippen molar-refractivity contribution in [1.82, 2.24) is 0 Å². The van der Waals surface area contributed by atoms with Crippen molar-refractivity contribution in [1.29, 1.82) is 0 Å². The van der Waals surface area contributed by atoms with Crippen molar-refractivity contribution in [2.75, 3.05) is 0 Å². The molecule has 0 aliphatic heterocycles. The summed E-state index contributed by atoms with van der Waals surface area (Å²) < 4.78 is 0. The Morgan fingerprint density at radius 2 is 2.07 bits per heavy atom. The first-order valence-electron chi connectivity index (χ1n) is 5.01. The predicted molar refractivity (Wildman–Crippen MR) is 58.8 cm³/mol. The molecule has 3 nitrogen and oxygen atoms in total. The quantitative estimate of drug-likeness (QED) is 0.738. The average molecular weight is 228 g/mol. The first-order chi connectivity index (χ1) is 7.09. The minimum Gasteiger partial charge on any atom is -0.506 e. The number of phenols is 1. The smallest absolute Gasteiger partial charge is 0.134 e. The van der Waals surface area contributed by atoms with Gasteiger partial charge in [-0.3, -0.25) is 0 Å². The Bertz CT molecular complexity index is 366. The third kappa shape index (κ3) is 2.25. The Hall–Kier alpha value is -0.770. The molecule has 0 aromatic heterocycles. The molecular weight excluding hydrogens is 214 g/mol. The number of rotatable bonds is 3. The van der Waals surface area contributed by atoms with Crippen LogP contribution in [0.25, 0.3) is 0 Å². The van der Waals surface area contributed by atoms with Gasteiger partial charge in [-0.25, -0.2) is 0 Å². The Morgan fingerprint density at radius 3 is 2.60 bits per heavy atom. The minimum absolute atomic E-state index is 0.0357. The lowest BCUT2D eigenvalue weighted by Crippen LogP contribution is -2.27. The highest BCUT2D eigenvalue weighted by atomic mass is 35.5. The van der Waals surface area contributed by atoms with Gasteiger partial charge in [-0.2, -0.15) is 0 Å². The molecule has 2 rings (SSSR count). The normalized spacial score (nSPS) is 19.9. The Balaban J connectivity index is 2.17. The fourth-order valence-corrected chi connectivity index (χ4v) is 1.85. The van der Waals surface area contributed by atoms with E-state index in [1.54, 1.807) is 12.1 Å². The molecule has 0 radical (unpaired) electrons. The average Bonchev–Trinajstić information content (AvgIpc) is 3.03. The second-order valence-electron chi connectivity index (χ2n) is 4.06. The summed E-state index contributed by atoms with van der Waals surface area (Å²) in [6.45, 7) is 0. The minimum atomic E-state index is -0.509. The summed E-state index contributed by atoms with van der Waals surface area (Å²) in [6.07, 6.45) is 1.58. The van der Waals surface area contributed by atoms with Gasteiger partial charge in [0.2, 0.25) is 0 Å². The molecule has 1 aromatic carbocycles. The Morgan fingerprint density at radius 1 is 1.40 bits per heavy atom. The highest BCUT2D eigenvalue weighted by molar-refractivity contribution is 6.32. The topological polar surface area (TPSA) is 66.5 Å². The van der Waals surface area contributed by atoms with E-state index in [1.807, 2.05) is 0 Å². The van der Waals surface area contributed by atoms with Crippen LogP contribution in [0.2, 0.25) is 5.02 Å². The number of halogens is 1. The summed E-state index contributed by atoms with van der Waals surface area (Å²) in [5.41, 5.74) is 6.67. The number of benzene rings is 1. The van der Waals surface area contributed by atoms with E-state index in [1.165, 1.54) is 6.07 Å². The molecule has 0 amide bonds. The van der Waals surface area contributed by atoms with Crippen LogP contribution in [0, 0.1) is 5.92 Å². The van der Waals surface area contributed by atoms with Gasteiger partial charge in [0.25, 0.3) is 0 Å². The molecule has 0 unspecified atom stereocenters. The third-order valence-corrected chi connectivity index (χ3v) is 3.13. The van der Waals surface area contributed by atoms with Crippen LogP contribution in [0.1, 0.15) is 24.4 Å². The molecule has 1 fully saturated rings. The first kappa shape index (κ1) is 10.7. The van der Waals surface area contributed by atoms with Gasteiger partial charge in [0.15, 0.2) is 0 Å². The van der Waals surface area contributed by atoms with Gasteiger partial charge in [0.1, 0.15) is 5.75 Å². The highest BCUT2D eigenvalue weighted by Gasteiger charge is 2.34. The molecule has 1 aromatic rings. The van der Waals surface area contributed by atoms with Crippen molar-refractivity contribution < 1.29 is 10.2 Å². The van der Waals surface area contributed by atoms with Crippen molar-refractivity contribution in [3.05, 3.63) is 28.8 Å². The van der Waals surface area contributed by atoms with Gasteiger partial charge in [-0.15, -0.1) is 0 Å². The summed E-state index contributed by atoms with van der Waals surface area (Å²) >= 11 is 5.77. The number of phenolic OH excluding ortho intramolecular Hbond substituents is 1. The van der Waals surface area contributed by atoms with Crippen molar-refractivity contribution in [3.8, 4) is 5.75 Å². The number of aliphatic hydroxyl groups is 1. The summed E-state index contributed by atoms with van der Waals surface area (Å²) in [5, 5.41) is 19.4. The lowest BCUT2D eigenvalue weighted by atomic mass is 9.99. The van der Waals surface area contributed by atoms with E-state index in [0.29, 0.717) is 5.92 Å². The molecule has 1 saturated carbocycles. The maximum Gasteiger partial charge on any atom is 0.134 e. The van der Waals surface area contributed by atoms with Gasteiger partial charge < -0.3 is 15.9 Å². The lowest BCUT2D eigenvalue weighted by molar-refractivity contribution is 0.122. The van der Waals surface area contributed by atoms with Crippen molar-refractivity contribution in [2.45, 2.75) is 25.0 Å². The van der Waals surface area contributed by atoms with E-state index in [0.717, 1.165) is 18.4 Å². The molecule has 82 valence electrons. The number of nitrogens with two attached hydrogens (primary N) is 1. The molecule has 15 heavy (non-hydrogen) atoms. The molecule has 0 spiro atoms. The van der Waals surface area contributed by atoms with Crippen LogP contribution in [0.15, 0.2) is 18.2 Å². The maximum absolute atomic E-state index is 9.84. The van der Waals surface area contributed by atoms with Crippen LogP contribution >= 0.6 is 11.6 Å². The summed E-state index contributed by atoms with van der Waals surface area (Å²) in [7, 11) is 0. The van der Waals surface area contributed by atoms with E-state index in [4.69, 9.17) is 17.3 Å². The zero-order valence-electron chi connectivity index (χ0n) is 8.23. The van der Waals surface area contributed by atoms with Crippen LogP contribution in [-0.4, -0.2) is 16.3 Å². The van der Waals surface area contributed by atoms with E-state index in [2.05, 4.69) is 0 Å². The fraction of sp³-hybridized carbons (Fsp3) is 0.455. The molecule has 1 aliphatic rings. The second kappa shape index (κ2) is 4.00. The maximum atomic E-state index is 9.84. The first-order valence-corrected chi connectivity index (χ1v) is 5.39. The Labute approximate surface area is 93.5 Å². The molecule has 4 heteroatoms. The standard InChI is InChI=1S/C11H14ClNO2/c12-8-5-7(3-4-9(8)14)10(13)11(15)6-1-2-6/h3-6,10-11,14-15H,1-2,13H2/t10-,11+/m0/s1. The zero-order valence-corrected chi connectivity index (χ0v) is 8.98. The SMILES string of the molecule is N[C@@H](c1ccc(O)c(Cl)c1)[C@H](O)C1CC1. The number of aliphatic hydroxyl groups excluding tert-OH is 1.